The molecule has 2 aromatic carbocycles. The molecular formula is C21H21N3. The van der Waals surface area contributed by atoms with Crippen molar-refractivity contribution in [2.45, 2.75) is 32.2 Å². The van der Waals surface area contributed by atoms with Crippen molar-refractivity contribution in [1.29, 1.82) is 0 Å². The van der Waals surface area contributed by atoms with E-state index in [9.17, 15) is 0 Å². The number of fused-ring (bicyclic) bond motifs is 1. The maximum atomic E-state index is 4.60. The number of aromatic nitrogens is 2. The average Bonchev–Trinajstić information content (AvgIpc) is 2.62. The van der Waals surface area contributed by atoms with Crippen LogP contribution in [-0.4, -0.2) is 9.97 Å². The molecule has 0 amide bonds. The van der Waals surface area contributed by atoms with Crippen LogP contribution in [0.2, 0.25) is 0 Å². The summed E-state index contributed by atoms with van der Waals surface area (Å²) in [6, 6.07) is 21.4. The van der Waals surface area contributed by atoms with Crippen molar-refractivity contribution in [3.63, 3.8) is 0 Å². The molecule has 24 heavy (non-hydrogen) atoms. The second-order valence-corrected chi connectivity index (χ2v) is 6.34. The molecule has 120 valence electrons. The van der Waals surface area contributed by atoms with Gasteiger partial charge in [-0.2, -0.15) is 0 Å². The molecule has 1 heterocycles. The van der Waals surface area contributed by atoms with Gasteiger partial charge in [0.2, 0.25) is 0 Å². The lowest BCUT2D eigenvalue weighted by molar-refractivity contribution is 0.598. The van der Waals surface area contributed by atoms with E-state index in [1.807, 2.05) is 25.1 Å². The van der Waals surface area contributed by atoms with Crippen molar-refractivity contribution in [2.75, 3.05) is 5.32 Å². The molecule has 1 aliphatic rings. The molecule has 0 bridgehead atoms. The first kappa shape index (κ1) is 14.9. The van der Waals surface area contributed by atoms with E-state index >= 15 is 0 Å². The summed E-state index contributed by atoms with van der Waals surface area (Å²) >= 11 is 0. The molecule has 0 fully saturated rings. The summed E-state index contributed by atoms with van der Waals surface area (Å²) in [4.78, 5) is 9.19. The maximum absolute atomic E-state index is 4.60. The van der Waals surface area contributed by atoms with Crippen LogP contribution < -0.4 is 5.32 Å². The van der Waals surface area contributed by atoms with E-state index in [0.29, 0.717) is 6.04 Å². The third-order valence-electron chi connectivity index (χ3n) is 4.60. The number of anilines is 1. The summed E-state index contributed by atoms with van der Waals surface area (Å²) in [6.45, 7) is 1.95. The van der Waals surface area contributed by atoms with Gasteiger partial charge in [-0.15, -0.1) is 0 Å². The molecule has 0 saturated carbocycles. The van der Waals surface area contributed by atoms with Crippen LogP contribution in [0.5, 0.6) is 0 Å². The molecule has 3 heteroatoms. The summed E-state index contributed by atoms with van der Waals surface area (Å²) in [6.07, 6.45) is 3.53. The van der Waals surface area contributed by atoms with E-state index in [1.165, 1.54) is 24.0 Å². The molecular weight excluding hydrogens is 294 g/mol. The van der Waals surface area contributed by atoms with Gasteiger partial charge in [-0.25, -0.2) is 9.97 Å². The third-order valence-corrected chi connectivity index (χ3v) is 4.60. The number of nitrogens with zero attached hydrogens (tertiary/aromatic N) is 2. The first-order chi connectivity index (χ1) is 11.8. The van der Waals surface area contributed by atoms with Crippen molar-refractivity contribution >= 4 is 5.82 Å². The molecule has 0 saturated heterocycles. The summed E-state index contributed by atoms with van der Waals surface area (Å²) < 4.78 is 0. The van der Waals surface area contributed by atoms with E-state index in [-0.39, 0.29) is 0 Å². The van der Waals surface area contributed by atoms with Gasteiger partial charge in [0, 0.05) is 11.6 Å². The van der Waals surface area contributed by atoms with Gasteiger partial charge in [-0.1, -0.05) is 54.6 Å². The zero-order valence-corrected chi connectivity index (χ0v) is 13.9. The minimum Gasteiger partial charge on any atom is -0.363 e. The van der Waals surface area contributed by atoms with E-state index in [0.717, 1.165) is 29.3 Å². The van der Waals surface area contributed by atoms with Gasteiger partial charge >= 0.3 is 0 Å². The fraction of sp³-hybridized carbons (Fsp3) is 0.238. The average molecular weight is 315 g/mol. The zero-order chi connectivity index (χ0) is 16.4. The van der Waals surface area contributed by atoms with Gasteiger partial charge in [0.15, 0.2) is 0 Å². The molecule has 0 radical (unpaired) electrons. The second kappa shape index (κ2) is 6.44. The molecule has 4 rings (SSSR count). The van der Waals surface area contributed by atoms with Crippen molar-refractivity contribution in [3.05, 3.63) is 77.6 Å². The Morgan fingerprint density at radius 1 is 0.958 bits per heavy atom. The van der Waals surface area contributed by atoms with E-state index < -0.39 is 0 Å². The fourth-order valence-corrected chi connectivity index (χ4v) is 3.48. The van der Waals surface area contributed by atoms with Crippen molar-refractivity contribution in [3.8, 4) is 11.3 Å². The predicted molar refractivity (Wildman–Crippen MR) is 97.9 cm³/mol. The Bertz CT molecular complexity index is 843. The lowest BCUT2D eigenvalue weighted by Crippen LogP contribution is -2.18. The summed E-state index contributed by atoms with van der Waals surface area (Å²) in [5.74, 6) is 1.70. The highest BCUT2D eigenvalue weighted by Gasteiger charge is 2.20. The number of hydrogen-bond donors (Lipinski definition) is 1. The molecule has 0 unspecified atom stereocenters. The van der Waals surface area contributed by atoms with E-state index in [1.54, 1.807) is 0 Å². The molecule has 0 aliphatic heterocycles. The summed E-state index contributed by atoms with van der Waals surface area (Å²) in [5, 5.41) is 3.64. The first-order valence-corrected chi connectivity index (χ1v) is 8.55. The minimum atomic E-state index is 0.327. The monoisotopic (exact) mass is 315 g/mol. The van der Waals surface area contributed by atoms with Gasteiger partial charge < -0.3 is 5.32 Å². The lowest BCUT2D eigenvalue weighted by Gasteiger charge is -2.27. The highest BCUT2D eigenvalue weighted by atomic mass is 15.0. The Morgan fingerprint density at radius 3 is 2.62 bits per heavy atom. The first-order valence-electron chi connectivity index (χ1n) is 8.55. The highest BCUT2D eigenvalue weighted by Crippen LogP contribution is 2.32. The predicted octanol–water partition coefficient (Wildman–Crippen LogP) is 4.94. The van der Waals surface area contributed by atoms with Gasteiger partial charge in [-0.05, 0) is 37.3 Å². The Hall–Kier alpha value is -2.68. The Balaban J connectivity index is 1.65. The topological polar surface area (TPSA) is 37.8 Å². The zero-order valence-electron chi connectivity index (χ0n) is 13.9. The van der Waals surface area contributed by atoms with Crippen molar-refractivity contribution in [2.24, 2.45) is 0 Å². The molecule has 1 N–H and O–H groups in total. The van der Waals surface area contributed by atoms with Crippen LogP contribution in [0.25, 0.3) is 11.3 Å². The second-order valence-electron chi connectivity index (χ2n) is 6.34. The fourth-order valence-electron chi connectivity index (χ4n) is 3.48. The third kappa shape index (κ3) is 3.02. The van der Waals surface area contributed by atoms with Gasteiger partial charge in [0.05, 0.1) is 11.7 Å². The van der Waals surface area contributed by atoms with E-state index in [4.69, 9.17) is 0 Å². The summed E-state index contributed by atoms with van der Waals surface area (Å²) in [7, 11) is 0. The maximum Gasteiger partial charge on any atom is 0.130 e. The van der Waals surface area contributed by atoms with Crippen LogP contribution in [0.15, 0.2) is 60.7 Å². The number of benzene rings is 2. The SMILES string of the molecule is Cc1nc(N[C@@H]2CCCc3ccccc32)cc(-c2ccccc2)n1. The van der Waals surface area contributed by atoms with E-state index in [2.05, 4.69) is 57.7 Å². The van der Waals surface area contributed by atoms with Crippen LogP contribution in [-0.2, 0) is 6.42 Å². The van der Waals surface area contributed by atoms with Crippen LogP contribution in [0.3, 0.4) is 0 Å². The standard InChI is InChI=1S/C21H21N3/c1-15-22-20(17-9-3-2-4-10-17)14-21(23-15)24-19-13-7-11-16-8-5-6-12-18(16)19/h2-6,8-10,12,14,19H,7,11,13H2,1H3,(H,22,23,24)/t19-/m1/s1. The van der Waals surface area contributed by atoms with Gasteiger partial charge in [0.1, 0.15) is 11.6 Å². The van der Waals surface area contributed by atoms with Gasteiger partial charge in [0.25, 0.3) is 0 Å². The van der Waals surface area contributed by atoms with Crippen LogP contribution in [0.4, 0.5) is 5.82 Å². The van der Waals surface area contributed by atoms with Crippen LogP contribution in [0, 0.1) is 6.92 Å². The molecule has 1 atom stereocenters. The van der Waals surface area contributed by atoms with Crippen LogP contribution >= 0.6 is 0 Å². The van der Waals surface area contributed by atoms with Crippen LogP contribution in [0.1, 0.15) is 35.8 Å². The van der Waals surface area contributed by atoms with Crippen molar-refractivity contribution in [1.82, 2.24) is 9.97 Å². The Morgan fingerprint density at radius 2 is 1.75 bits per heavy atom. The molecule has 3 nitrogen and oxygen atoms in total. The minimum absolute atomic E-state index is 0.327. The molecule has 3 aromatic rings. The molecule has 1 aliphatic carbocycles. The smallest absolute Gasteiger partial charge is 0.130 e. The van der Waals surface area contributed by atoms with Crippen molar-refractivity contribution < 1.29 is 0 Å². The number of hydrogen-bond acceptors (Lipinski definition) is 3. The number of nitrogens with one attached hydrogen (secondary N) is 1. The summed E-state index contributed by atoms with van der Waals surface area (Å²) in [5.41, 5.74) is 4.95. The molecule has 0 spiro atoms. The molecule has 1 aromatic heterocycles. The number of aryl methyl sites for hydroxylation is 2. The highest BCUT2D eigenvalue weighted by molar-refractivity contribution is 5.62. The lowest BCUT2D eigenvalue weighted by atomic mass is 9.88. The largest absolute Gasteiger partial charge is 0.363 e. The quantitative estimate of drug-likeness (QED) is 0.744. The van der Waals surface area contributed by atoms with Gasteiger partial charge in [-0.3, -0.25) is 0 Å². The Kier molecular flexibility index (Phi) is 3.99. The normalized spacial score (nSPS) is 16.5. The Labute approximate surface area is 142 Å². The number of rotatable bonds is 3.